The number of hydrogen-bond acceptors (Lipinski definition) is 5. The standard InChI is InChI=1S/C22H28N2O4/c1-5-15-14-8-10-23(3)11-9-22(21(15)27)16-6-7-17(28-4)20(26)19(16)24(13(2)25)18(22)12-14/h5-7,14,18,26H,8-12H2,1-4H3. The molecule has 2 saturated heterocycles. The molecule has 1 spiro atoms. The Morgan fingerprint density at radius 2 is 2.11 bits per heavy atom. The third kappa shape index (κ3) is 2.37. The van der Waals surface area contributed by atoms with Gasteiger partial charge in [-0.3, -0.25) is 9.59 Å². The van der Waals surface area contributed by atoms with Gasteiger partial charge in [-0.05, 0) is 69.4 Å². The van der Waals surface area contributed by atoms with Crippen molar-refractivity contribution in [3.63, 3.8) is 0 Å². The number of benzene rings is 1. The Bertz CT molecular complexity index is 878. The summed E-state index contributed by atoms with van der Waals surface area (Å²) < 4.78 is 5.29. The molecule has 28 heavy (non-hydrogen) atoms. The number of carbonyl (C=O) groups is 2. The van der Waals surface area contributed by atoms with E-state index in [-0.39, 0.29) is 29.4 Å². The quantitative estimate of drug-likeness (QED) is 0.754. The molecule has 1 saturated carbocycles. The fourth-order valence-corrected chi connectivity index (χ4v) is 5.59. The topological polar surface area (TPSA) is 70.1 Å². The second-order valence-electron chi connectivity index (χ2n) is 8.24. The summed E-state index contributed by atoms with van der Waals surface area (Å²) in [5.74, 6) is 0.344. The van der Waals surface area contributed by atoms with Gasteiger partial charge in [-0.2, -0.15) is 0 Å². The number of ketones is 1. The number of nitrogens with zero attached hydrogens (tertiary/aromatic N) is 2. The van der Waals surface area contributed by atoms with Gasteiger partial charge in [-0.15, -0.1) is 0 Å². The SMILES string of the molecule is CC=C1C(=O)C23CCN(C)CCC1CC2N(C(C)=O)c1c3ccc(OC)c1O. The number of fused-ring (bicyclic) bond motifs is 6. The molecule has 1 aromatic rings. The van der Waals surface area contributed by atoms with Gasteiger partial charge in [0.2, 0.25) is 5.91 Å². The molecule has 0 aromatic heterocycles. The van der Waals surface area contributed by atoms with E-state index in [2.05, 4.69) is 11.9 Å². The maximum Gasteiger partial charge on any atom is 0.224 e. The highest BCUT2D eigenvalue weighted by Gasteiger charge is 2.61. The third-order valence-electron chi connectivity index (χ3n) is 6.95. The van der Waals surface area contributed by atoms with E-state index in [0.717, 1.165) is 37.1 Å². The number of Topliss-reactive ketones (excluding diaryl/α,β-unsaturated/α-hetero) is 1. The van der Waals surface area contributed by atoms with Crippen molar-refractivity contribution in [2.45, 2.75) is 44.6 Å². The molecule has 3 heterocycles. The van der Waals surface area contributed by atoms with Crippen molar-refractivity contribution in [2.75, 3.05) is 32.1 Å². The van der Waals surface area contributed by atoms with Crippen LogP contribution >= 0.6 is 0 Å². The molecule has 6 nitrogen and oxygen atoms in total. The molecule has 1 N–H and O–H groups in total. The molecular formula is C22H28N2O4. The van der Waals surface area contributed by atoms with Crippen molar-refractivity contribution >= 4 is 17.4 Å². The highest BCUT2D eigenvalue weighted by molar-refractivity contribution is 6.12. The summed E-state index contributed by atoms with van der Waals surface area (Å²) in [4.78, 5) is 30.6. The van der Waals surface area contributed by atoms with Crippen molar-refractivity contribution in [1.82, 2.24) is 4.90 Å². The first kappa shape index (κ1) is 19.0. The number of ether oxygens (including phenoxy) is 1. The van der Waals surface area contributed by atoms with Crippen LogP contribution in [0.15, 0.2) is 23.8 Å². The van der Waals surface area contributed by atoms with Gasteiger partial charge in [-0.1, -0.05) is 12.1 Å². The van der Waals surface area contributed by atoms with Crippen LogP contribution < -0.4 is 9.64 Å². The van der Waals surface area contributed by atoms with E-state index in [1.54, 1.807) is 11.0 Å². The van der Waals surface area contributed by atoms with Crippen LogP contribution in [0.4, 0.5) is 5.69 Å². The summed E-state index contributed by atoms with van der Waals surface area (Å²) in [7, 11) is 3.57. The highest BCUT2D eigenvalue weighted by atomic mass is 16.5. The predicted molar refractivity (Wildman–Crippen MR) is 107 cm³/mol. The zero-order valence-electron chi connectivity index (χ0n) is 17.0. The largest absolute Gasteiger partial charge is 0.503 e. The zero-order chi connectivity index (χ0) is 20.2. The molecule has 0 radical (unpaired) electrons. The van der Waals surface area contributed by atoms with Crippen molar-refractivity contribution in [3.8, 4) is 11.5 Å². The van der Waals surface area contributed by atoms with Gasteiger partial charge in [0, 0.05) is 6.92 Å². The number of amides is 1. The van der Waals surface area contributed by atoms with E-state index in [0.29, 0.717) is 17.9 Å². The number of carbonyl (C=O) groups excluding carboxylic acids is 2. The first-order valence-electron chi connectivity index (χ1n) is 9.96. The van der Waals surface area contributed by atoms with Gasteiger partial charge >= 0.3 is 0 Å². The Labute approximate surface area is 165 Å². The number of aromatic hydroxyl groups is 1. The summed E-state index contributed by atoms with van der Waals surface area (Å²) >= 11 is 0. The monoisotopic (exact) mass is 384 g/mol. The van der Waals surface area contributed by atoms with Gasteiger partial charge in [-0.25, -0.2) is 0 Å². The predicted octanol–water partition coefficient (Wildman–Crippen LogP) is 2.63. The van der Waals surface area contributed by atoms with Crippen LogP contribution in [0.2, 0.25) is 0 Å². The summed E-state index contributed by atoms with van der Waals surface area (Å²) in [6.45, 7) is 5.14. The summed E-state index contributed by atoms with van der Waals surface area (Å²) in [5, 5.41) is 10.9. The molecule has 1 aromatic carbocycles. The first-order valence-corrected chi connectivity index (χ1v) is 9.96. The molecule has 1 aliphatic carbocycles. The first-order chi connectivity index (χ1) is 13.4. The van der Waals surface area contributed by atoms with E-state index in [1.807, 2.05) is 19.1 Å². The van der Waals surface area contributed by atoms with Crippen LogP contribution in [0, 0.1) is 5.92 Å². The van der Waals surface area contributed by atoms with Crippen molar-refractivity contribution < 1.29 is 19.4 Å². The molecule has 5 rings (SSSR count). The van der Waals surface area contributed by atoms with Crippen LogP contribution in [0.25, 0.3) is 0 Å². The molecular weight excluding hydrogens is 356 g/mol. The third-order valence-corrected chi connectivity index (χ3v) is 6.95. The van der Waals surface area contributed by atoms with Gasteiger partial charge in [0.25, 0.3) is 0 Å². The number of methoxy groups -OCH3 is 1. The van der Waals surface area contributed by atoms with E-state index < -0.39 is 5.41 Å². The molecule has 3 fully saturated rings. The van der Waals surface area contributed by atoms with Crippen molar-refractivity contribution in [2.24, 2.45) is 5.92 Å². The molecule has 3 aliphatic heterocycles. The molecule has 6 heteroatoms. The maximum absolute atomic E-state index is 13.9. The van der Waals surface area contributed by atoms with Gasteiger partial charge in [0.15, 0.2) is 17.3 Å². The van der Waals surface area contributed by atoms with Crippen LogP contribution in [-0.4, -0.2) is 55.0 Å². The molecule has 3 atom stereocenters. The Balaban J connectivity index is 2.02. The molecule has 4 aliphatic rings. The number of phenols is 1. The smallest absolute Gasteiger partial charge is 0.224 e. The fourth-order valence-electron chi connectivity index (χ4n) is 5.59. The Hall–Kier alpha value is -2.34. The van der Waals surface area contributed by atoms with Crippen LogP contribution in [-0.2, 0) is 15.0 Å². The van der Waals surface area contributed by atoms with Gasteiger partial charge in [0.1, 0.15) is 0 Å². The van der Waals surface area contributed by atoms with E-state index in [4.69, 9.17) is 4.74 Å². The number of hydrogen-bond donors (Lipinski definition) is 1. The number of anilines is 1. The average molecular weight is 384 g/mol. The number of rotatable bonds is 1. The summed E-state index contributed by atoms with van der Waals surface area (Å²) in [6, 6.07) is 3.30. The minimum absolute atomic E-state index is 0.0548. The highest BCUT2D eigenvalue weighted by Crippen LogP contribution is 2.59. The lowest BCUT2D eigenvalue weighted by Crippen LogP contribution is -2.56. The van der Waals surface area contributed by atoms with E-state index in [9.17, 15) is 14.7 Å². The lowest BCUT2D eigenvalue weighted by atomic mass is 9.60. The fraction of sp³-hybridized carbons (Fsp3) is 0.545. The van der Waals surface area contributed by atoms with Gasteiger partial charge in [0.05, 0.1) is 24.3 Å². The van der Waals surface area contributed by atoms with E-state index >= 15 is 0 Å². The minimum Gasteiger partial charge on any atom is -0.503 e. The second kappa shape index (κ2) is 6.62. The van der Waals surface area contributed by atoms with Crippen LogP contribution in [0.3, 0.4) is 0 Å². The maximum atomic E-state index is 13.9. The van der Waals surface area contributed by atoms with Crippen LogP contribution in [0.1, 0.15) is 38.7 Å². The lowest BCUT2D eigenvalue weighted by molar-refractivity contribution is -0.124. The molecule has 150 valence electrons. The van der Waals surface area contributed by atoms with Crippen molar-refractivity contribution in [1.29, 1.82) is 0 Å². The Kier molecular flexibility index (Phi) is 4.49. The number of phenolic OH excluding ortho intramolecular Hbond substituents is 1. The normalized spacial score (nSPS) is 31.2. The van der Waals surface area contributed by atoms with Crippen molar-refractivity contribution in [3.05, 3.63) is 29.3 Å². The van der Waals surface area contributed by atoms with Crippen LogP contribution in [0.5, 0.6) is 11.5 Å². The lowest BCUT2D eigenvalue weighted by Gasteiger charge is -2.44. The number of allylic oxidation sites excluding steroid dienone is 2. The Morgan fingerprint density at radius 1 is 1.36 bits per heavy atom. The second-order valence-corrected chi connectivity index (χ2v) is 8.24. The molecule has 2 bridgehead atoms. The van der Waals surface area contributed by atoms with E-state index in [1.165, 1.54) is 14.0 Å². The average Bonchev–Trinajstić information content (AvgIpc) is 3.00. The Morgan fingerprint density at radius 3 is 2.75 bits per heavy atom. The zero-order valence-corrected chi connectivity index (χ0v) is 17.0. The molecule has 1 amide bonds. The molecule has 3 unspecified atom stereocenters. The summed E-state index contributed by atoms with van der Waals surface area (Å²) in [6.07, 6.45) is 4.20. The minimum atomic E-state index is -0.818. The van der Waals surface area contributed by atoms with Gasteiger partial charge < -0.3 is 19.6 Å². The summed E-state index contributed by atoms with van der Waals surface area (Å²) in [5.41, 5.74) is 1.26.